The highest BCUT2D eigenvalue weighted by Crippen LogP contribution is 2.25. The molecule has 1 N–H and O–H groups in total. The summed E-state index contributed by atoms with van der Waals surface area (Å²) in [5.41, 5.74) is 3.15. The number of aryl methyl sites for hydroxylation is 1. The van der Waals surface area contributed by atoms with Crippen molar-refractivity contribution in [1.82, 2.24) is 10.2 Å². The van der Waals surface area contributed by atoms with Crippen LogP contribution in [0, 0.1) is 6.92 Å². The zero-order chi connectivity index (χ0) is 12.4. The molecule has 1 aromatic carbocycles. The summed E-state index contributed by atoms with van der Waals surface area (Å²) in [6.45, 7) is 1.99. The molecule has 1 heterocycles. The molecule has 0 aliphatic heterocycles. The molecular formula is C12H11BrN2O2. The van der Waals surface area contributed by atoms with E-state index in [9.17, 15) is 4.79 Å². The molecule has 0 unspecified atom stereocenters. The Hall–Kier alpha value is -1.62. The van der Waals surface area contributed by atoms with Crippen molar-refractivity contribution in [2.24, 2.45) is 0 Å². The molecule has 2 aromatic rings. The molecule has 0 aliphatic rings. The van der Waals surface area contributed by atoms with Gasteiger partial charge in [-0.2, -0.15) is 5.10 Å². The lowest BCUT2D eigenvalue weighted by Crippen LogP contribution is -2.00. The molecule has 0 saturated carbocycles. The Labute approximate surface area is 107 Å². The summed E-state index contributed by atoms with van der Waals surface area (Å²) in [6.07, 6.45) is 0. The van der Waals surface area contributed by atoms with E-state index in [2.05, 4.69) is 30.9 Å². The number of aromatic amines is 1. The number of carbonyl (C=O) groups is 1. The number of esters is 1. The lowest BCUT2D eigenvalue weighted by atomic mass is 10.1. The minimum absolute atomic E-state index is 0.352. The van der Waals surface area contributed by atoms with E-state index in [1.54, 1.807) is 6.07 Å². The number of H-pyrrole nitrogens is 1. The lowest BCUT2D eigenvalue weighted by molar-refractivity contribution is 0.0594. The van der Waals surface area contributed by atoms with Gasteiger partial charge in [-0.15, -0.1) is 0 Å². The highest BCUT2D eigenvalue weighted by Gasteiger charge is 2.12. The van der Waals surface area contributed by atoms with Gasteiger partial charge < -0.3 is 4.74 Å². The quantitative estimate of drug-likeness (QED) is 0.867. The largest absolute Gasteiger partial charge is 0.464 e. The smallest absolute Gasteiger partial charge is 0.356 e. The van der Waals surface area contributed by atoms with E-state index < -0.39 is 5.97 Å². The van der Waals surface area contributed by atoms with Gasteiger partial charge in [0.15, 0.2) is 0 Å². The van der Waals surface area contributed by atoms with Crippen LogP contribution in [0.4, 0.5) is 0 Å². The Bertz CT molecular complexity index is 563. The first-order valence-corrected chi connectivity index (χ1v) is 5.81. The molecule has 0 atom stereocenters. The molecular weight excluding hydrogens is 284 g/mol. The van der Waals surface area contributed by atoms with Crippen molar-refractivity contribution >= 4 is 21.9 Å². The van der Waals surface area contributed by atoms with Crippen LogP contribution in [0.25, 0.3) is 11.3 Å². The Morgan fingerprint density at radius 1 is 1.41 bits per heavy atom. The third-order valence-corrected chi connectivity index (χ3v) is 2.94. The zero-order valence-electron chi connectivity index (χ0n) is 9.45. The van der Waals surface area contributed by atoms with Gasteiger partial charge in [-0.25, -0.2) is 4.79 Å². The van der Waals surface area contributed by atoms with E-state index in [-0.39, 0.29) is 0 Å². The zero-order valence-corrected chi connectivity index (χ0v) is 11.0. The van der Waals surface area contributed by atoms with Crippen LogP contribution < -0.4 is 0 Å². The fraction of sp³-hybridized carbons (Fsp3) is 0.167. The summed E-state index contributed by atoms with van der Waals surface area (Å²) in [5, 5.41) is 6.77. The van der Waals surface area contributed by atoms with E-state index in [0.717, 1.165) is 21.3 Å². The topological polar surface area (TPSA) is 55.0 Å². The minimum atomic E-state index is -0.418. The maximum atomic E-state index is 11.3. The van der Waals surface area contributed by atoms with Gasteiger partial charge in [-0.05, 0) is 30.7 Å². The van der Waals surface area contributed by atoms with Gasteiger partial charge in [0.1, 0.15) is 5.69 Å². The van der Waals surface area contributed by atoms with Gasteiger partial charge >= 0.3 is 5.97 Å². The Kier molecular flexibility index (Phi) is 3.28. The molecule has 2 rings (SSSR count). The second-order valence-corrected chi connectivity index (χ2v) is 4.53. The van der Waals surface area contributed by atoms with Crippen LogP contribution in [-0.4, -0.2) is 23.3 Å². The number of carbonyl (C=O) groups excluding carboxylic acids is 1. The summed E-state index contributed by atoms with van der Waals surface area (Å²) < 4.78 is 5.63. The number of rotatable bonds is 2. The highest BCUT2D eigenvalue weighted by atomic mass is 79.9. The molecule has 0 radical (unpaired) electrons. The van der Waals surface area contributed by atoms with Crippen molar-refractivity contribution in [3.8, 4) is 11.3 Å². The van der Waals surface area contributed by atoms with Gasteiger partial charge in [-0.1, -0.05) is 22.0 Å². The van der Waals surface area contributed by atoms with Gasteiger partial charge in [0, 0.05) is 10.0 Å². The Morgan fingerprint density at radius 3 is 2.82 bits per heavy atom. The number of aromatic nitrogens is 2. The number of hydrogen-bond acceptors (Lipinski definition) is 3. The predicted octanol–water partition coefficient (Wildman–Crippen LogP) is 2.93. The molecule has 17 heavy (non-hydrogen) atoms. The number of halogens is 1. The van der Waals surface area contributed by atoms with E-state index in [1.165, 1.54) is 7.11 Å². The number of hydrogen-bond donors (Lipinski definition) is 1. The van der Waals surface area contributed by atoms with E-state index in [1.807, 2.05) is 25.1 Å². The van der Waals surface area contributed by atoms with Gasteiger partial charge in [0.2, 0.25) is 0 Å². The molecule has 0 bridgehead atoms. The SMILES string of the molecule is COC(=O)c1cc(-c2ccc(Br)cc2C)n[nH]1. The van der Waals surface area contributed by atoms with Crippen LogP contribution in [0.3, 0.4) is 0 Å². The fourth-order valence-electron chi connectivity index (χ4n) is 1.59. The van der Waals surface area contributed by atoms with Crippen molar-refractivity contribution in [1.29, 1.82) is 0 Å². The first kappa shape index (κ1) is 11.9. The van der Waals surface area contributed by atoms with E-state index >= 15 is 0 Å². The van der Waals surface area contributed by atoms with Crippen LogP contribution in [0.5, 0.6) is 0 Å². The molecule has 0 spiro atoms. The second kappa shape index (κ2) is 4.71. The number of nitrogens with one attached hydrogen (secondary N) is 1. The summed E-state index contributed by atoms with van der Waals surface area (Å²) in [6, 6.07) is 7.58. The Morgan fingerprint density at radius 2 is 2.18 bits per heavy atom. The summed E-state index contributed by atoms with van der Waals surface area (Å²) >= 11 is 3.41. The third-order valence-electron chi connectivity index (χ3n) is 2.45. The first-order valence-electron chi connectivity index (χ1n) is 5.02. The number of ether oxygens (including phenoxy) is 1. The van der Waals surface area contributed by atoms with Crippen LogP contribution in [-0.2, 0) is 4.74 Å². The average Bonchev–Trinajstić information content (AvgIpc) is 2.77. The number of benzene rings is 1. The van der Waals surface area contributed by atoms with E-state index in [4.69, 9.17) is 0 Å². The molecule has 88 valence electrons. The first-order chi connectivity index (χ1) is 8.11. The van der Waals surface area contributed by atoms with Crippen molar-refractivity contribution in [3.63, 3.8) is 0 Å². The second-order valence-electron chi connectivity index (χ2n) is 3.62. The summed E-state index contributed by atoms with van der Waals surface area (Å²) in [5.74, 6) is -0.418. The van der Waals surface area contributed by atoms with Crippen molar-refractivity contribution < 1.29 is 9.53 Å². The highest BCUT2D eigenvalue weighted by molar-refractivity contribution is 9.10. The molecule has 0 amide bonds. The standard InChI is InChI=1S/C12H11BrN2O2/c1-7-5-8(13)3-4-9(7)10-6-11(15-14-10)12(16)17-2/h3-6H,1-2H3,(H,14,15). The maximum absolute atomic E-state index is 11.3. The minimum Gasteiger partial charge on any atom is -0.464 e. The van der Waals surface area contributed by atoms with Crippen molar-refractivity contribution in [3.05, 3.63) is 40.0 Å². The van der Waals surface area contributed by atoms with Crippen LogP contribution in [0.15, 0.2) is 28.7 Å². The third kappa shape index (κ3) is 2.39. The molecule has 1 aromatic heterocycles. The lowest BCUT2D eigenvalue weighted by Gasteiger charge is -2.02. The normalized spacial score (nSPS) is 10.3. The predicted molar refractivity (Wildman–Crippen MR) is 67.8 cm³/mol. The van der Waals surface area contributed by atoms with Crippen LogP contribution >= 0.6 is 15.9 Å². The summed E-state index contributed by atoms with van der Waals surface area (Å²) in [7, 11) is 1.34. The van der Waals surface area contributed by atoms with Crippen LogP contribution in [0.1, 0.15) is 16.1 Å². The average molecular weight is 295 g/mol. The molecule has 4 nitrogen and oxygen atoms in total. The number of methoxy groups -OCH3 is 1. The van der Waals surface area contributed by atoms with Gasteiger partial charge in [0.25, 0.3) is 0 Å². The Balaban J connectivity index is 2.40. The molecule has 5 heteroatoms. The van der Waals surface area contributed by atoms with Crippen molar-refractivity contribution in [2.45, 2.75) is 6.92 Å². The maximum Gasteiger partial charge on any atom is 0.356 e. The molecule has 0 saturated heterocycles. The van der Waals surface area contributed by atoms with Gasteiger partial charge in [-0.3, -0.25) is 5.10 Å². The summed E-state index contributed by atoms with van der Waals surface area (Å²) in [4.78, 5) is 11.3. The fourth-order valence-corrected chi connectivity index (χ4v) is 2.06. The molecule has 0 fully saturated rings. The van der Waals surface area contributed by atoms with E-state index in [0.29, 0.717) is 5.69 Å². The van der Waals surface area contributed by atoms with Gasteiger partial charge in [0.05, 0.1) is 12.8 Å². The monoisotopic (exact) mass is 294 g/mol. The molecule has 0 aliphatic carbocycles. The number of nitrogens with zero attached hydrogens (tertiary/aromatic N) is 1. The van der Waals surface area contributed by atoms with Crippen molar-refractivity contribution in [2.75, 3.05) is 7.11 Å². The van der Waals surface area contributed by atoms with Crippen LogP contribution in [0.2, 0.25) is 0 Å².